The first-order valence-electron chi connectivity index (χ1n) is 18.4. The van der Waals surface area contributed by atoms with E-state index in [9.17, 15) is 19.2 Å². The quantitative estimate of drug-likeness (QED) is 0.0902. The van der Waals surface area contributed by atoms with Crippen LogP contribution in [-0.2, 0) is 26.2 Å². The van der Waals surface area contributed by atoms with Gasteiger partial charge in [-0.1, -0.05) is 60.7 Å². The van der Waals surface area contributed by atoms with Gasteiger partial charge in [-0.15, -0.1) is 13.2 Å². The lowest BCUT2D eigenvalue weighted by Crippen LogP contribution is -2.26. The molecule has 8 rings (SSSR count). The SMILES string of the molecule is C=CCCCCOc1cc2cc(c1)C(=O)NCc1ccc(cc1)CNC(=O)c1cc(OCCCCC=C)cc(c1)C(=O)NCc1ccc(cc1)CNC2=O. The van der Waals surface area contributed by atoms with Crippen LogP contribution >= 0.6 is 0 Å². The monoisotopic (exact) mass is 728 g/mol. The van der Waals surface area contributed by atoms with Gasteiger partial charge in [-0.3, -0.25) is 19.2 Å². The molecule has 4 aliphatic heterocycles. The van der Waals surface area contributed by atoms with E-state index in [-0.39, 0.29) is 49.8 Å². The fourth-order valence-electron chi connectivity index (χ4n) is 5.74. The van der Waals surface area contributed by atoms with Crippen LogP contribution in [0.4, 0.5) is 0 Å². The summed E-state index contributed by atoms with van der Waals surface area (Å²) in [7, 11) is 0. The fraction of sp³-hybridized carbons (Fsp3) is 0.273. The number of amides is 4. The van der Waals surface area contributed by atoms with Crippen LogP contribution in [0.2, 0.25) is 0 Å². The Morgan fingerprint density at radius 1 is 0.444 bits per heavy atom. The molecule has 0 unspecified atom stereocenters. The molecule has 54 heavy (non-hydrogen) atoms. The van der Waals surface area contributed by atoms with E-state index in [4.69, 9.17) is 9.47 Å². The van der Waals surface area contributed by atoms with Crippen molar-refractivity contribution in [3.63, 3.8) is 0 Å². The van der Waals surface area contributed by atoms with E-state index in [2.05, 4.69) is 34.4 Å². The molecule has 10 heteroatoms. The number of benzene rings is 4. The first-order chi connectivity index (χ1) is 26.3. The summed E-state index contributed by atoms with van der Waals surface area (Å²) in [5.74, 6) is -0.501. The zero-order chi connectivity index (χ0) is 38.1. The molecule has 4 heterocycles. The molecule has 0 atom stereocenters. The Balaban J connectivity index is 1.37. The lowest BCUT2D eigenvalue weighted by atomic mass is 10.1. The van der Waals surface area contributed by atoms with E-state index in [0.29, 0.717) is 47.0 Å². The summed E-state index contributed by atoms with van der Waals surface area (Å²) in [6.45, 7) is 9.40. The van der Waals surface area contributed by atoms with E-state index in [1.807, 2.05) is 60.7 Å². The third kappa shape index (κ3) is 11.9. The highest BCUT2D eigenvalue weighted by Crippen LogP contribution is 2.21. The number of hydrogen-bond donors (Lipinski definition) is 4. The minimum atomic E-state index is -0.344. The van der Waals surface area contributed by atoms with Gasteiger partial charge in [-0.25, -0.2) is 0 Å². The molecule has 4 aromatic carbocycles. The molecule has 0 aliphatic carbocycles. The van der Waals surface area contributed by atoms with Gasteiger partial charge in [0.2, 0.25) is 0 Å². The van der Waals surface area contributed by atoms with E-state index >= 15 is 0 Å². The highest BCUT2D eigenvalue weighted by atomic mass is 16.5. The van der Waals surface area contributed by atoms with Gasteiger partial charge >= 0.3 is 0 Å². The first kappa shape index (κ1) is 39.1. The average molecular weight is 729 g/mol. The van der Waals surface area contributed by atoms with Gasteiger partial charge in [0.1, 0.15) is 11.5 Å². The van der Waals surface area contributed by atoms with Crippen LogP contribution in [0.25, 0.3) is 0 Å². The predicted octanol–water partition coefficient (Wildman–Crippen LogP) is 7.19. The fourth-order valence-corrected chi connectivity index (χ4v) is 5.74. The lowest BCUT2D eigenvalue weighted by molar-refractivity contribution is 0.0934. The normalized spacial score (nSPS) is 13.6. The highest BCUT2D eigenvalue weighted by Gasteiger charge is 2.17. The van der Waals surface area contributed by atoms with Gasteiger partial charge in [-0.05, 0) is 97.2 Å². The lowest BCUT2D eigenvalue weighted by Gasteiger charge is -2.14. The number of allylic oxidation sites excluding steroid dienone is 2. The summed E-state index contributed by atoms with van der Waals surface area (Å²) >= 11 is 0. The molecular formula is C44H48N4O6. The molecule has 0 spiro atoms. The third-order valence-electron chi connectivity index (χ3n) is 8.86. The number of carbonyl (C=O) groups is 4. The number of unbranched alkanes of at least 4 members (excludes halogenated alkanes) is 4. The molecule has 0 saturated heterocycles. The third-order valence-corrected chi connectivity index (χ3v) is 8.86. The van der Waals surface area contributed by atoms with Crippen molar-refractivity contribution in [3.8, 4) is 11.5 Å². The molecule has 4 aliphatic rings. The molecule has 4 amide bonds. The maximum absolute atomic E-state index is 13.4. The zero-order valence-corrected chi connectivity index (χ0v) is 30.6. The smallest absolute Gasteiger partial charge is 0.251 e. The molecule has 0 radical (unpaired) electrons. The Bertz CT molecular complexity index is 1680. The number of nitrogens with one attached hydrogen (secondary N) is 4. The minimum Gasteiger partial charge on any atom is -0.494 e. The predicted molar refractivity (Wildman–Crippen MR) is 210 cm³/mol. The molecule has 4 N–H and O–H groups in total. The van der Waals surface area contributed by atoms with Gasteiger partial charge < -0.3 is 30.7 Å². The second-order valence-corrected chi connectivity index (χ2v) is 13.1. The number of rotatable bonds is 12. The van der Waals surface area contributed by atoms with E-state index in [0.717, 1.165) is 60.8 Å². The molecule has 10 nitrogen and oxygen atoms in total. The number of hydrogen-bond acceptors (Lipinski definition) is 6. The average Bonchev–Trinajstić information content (AvgIpc) is 3.20. The highest BCUT2D eigenvalue weighted by molar-refractivity contribution is 6.01. The second kappa shape index (κ2) is 20.2. The van der Waals surface area contributed by atoms with Gasteiger partial charge in [0.05, 0.1) is 13.2 Å². The first-order valence-corrected chi connectivity index (χ1v) is 18.4. The van der Waals surface area contributed by atoms with Crippen LogP contribution in [0, 0.1) is 0 Å². The van der Waals surface area contributed by atoms with Crippen molar-refractivity contribution in [1.82, 2.24) is 21.3 Å². The summed E-state index contributed by atoms with van der Waals surface area (Å²) in [6, 6.07) is 24.7. The summed E-state index contributed by atoms with van der Waals surface area (Å²) in [5.41, 5.74) is 4.64. The van der Waals surface area contributed by atoms with Crippen molar-refractivity contribution < 1.29 is 28.7 Å². The van der Waals surface area contributed by atoms with Crippen molar-refractivity contribution in [2.24, 2.45) is 0 Å². The zero-order valence-electron chi connectivity index (χ0n) is 30.6. The maximum atomic E-state index is 13.4. The van der Waals surface area contributed by atoms with Crippen LogP contribution in [0.1, 0.15) is 102 Å². The summed E-state index contributed by atoms with van der Waals surface area (Å²) < 4.78 is 11.9. The summed E-state index contributed by atoms with van der Waals surface area (Å²) in [5, 5.41) is 11.8. The Morgan fingerprint density at radius 2 is 0.722 bits per heavy atom. The van der Waals surface area contributed by atoms with Crippen LogP contribution in [-0.4, -0.2) is 36.8 Å². The standard InChI is InChI=1S/C44H48N4O6/c1-3-5-7-9-19-53-39-23-35-21-36(24-39)42(50)46-28-32-13-17-34(18-14-32)30-48-44(52)38-22-37(25-40(26-38)54-20-10-8-6-4-2)43(51)47-29-33-15-11-31(12-16-33)27-45-41(35)49/h3-4,11-18,21-26H,1-2,5-10,19-20,27-30H2,(H,45,49)(H,46,50)(H,47,51)(H,48,52). The Labute approximate surface area is 317 Å². The number of ether oxygens (including phenoxy) is 2. The molecule has 0 aromatic heterocycles. The van der Waals surface area contributed by atoms with E-state index in [1.165, 1.54) is 0 Å². The summed E-state index contributed by atoms with van der Waals surface area (Å²) in [6.07, 6.45) is 8.96. The molecule has 4 aromatic rings. The molecule has 8 bridgehead atoms. The van der Waals surface area contributed by atoms with Crippen LogP contribution in [0.15, 0.2) is 110 Å². The van der Waals surface area contributed by atoms with Crippen LogP contribution in [0.5, 0.6) is 11.5 Å². The summed E-state index contributed by atoms with van der Waals surface area (Å²) in [4.78, 5) is 53.4. The van der Waals surface area contributed by atoms with Crippen molar-refractivity contribution in [2.75, 3.05) is 13.2 Å². The van der Waals surface area contributed by atoms with Gasteiger partial charge in [0, 0.05) is 48.4 Å². The maximum Gasteiger partial charge on any atom is 0.251 e. The van der Waals surface area contributed by atoms with Crippen molar-refractivity contribution in [2.45, 2.75) is 64.7 Å². The Hall–Kier alpha value is -6.16. The number of carbonyl (C=O) groups excluding carboxylic acids is 4. The second-order valence-electron chi connectivity index (χ2n) is 13.1. The van der Waals surface area contributed by atoms with Crippen LogP contribution < -0.4 is 30.7 Å². The van der Waals surface area contributed by atoms with Crippen molar-refractivity contribution >= 4 is 23.6 Å². The van der Waals surface area contributed by atoms with Crippen molar-refractivity contribution in [3.05, 3.63) is 155 Å². The Morgan fingerprint density at radius 3 is 0.981 bits per heavy atom. The van der Waals surface area contributed by atoms with Crippen LogP contribution in [0.3, 0.4) is 0 Å². The Kier molecular flexibility index (Phi) is 14.6. The molecule has 0 saturated carbocycles. The van der Waals surface area contributed by atoms with Crippen molar-refractivity contribution in [1.29, 1.82) is 0 Å². The van der Waals surface area contributed by atoms with E-state index in [1.54, 1.807) is 36.4 Å². The largest absolute Gasteiger partial charge is 0.494 e. The minimum absolute atomic E-state index is 0.251. The van der Waals surface area contributed by atoms with Gasteiger partial charge in [-0.2, -0.15) is 0 Å². The molecule has 0 fully saturated rings. The molecular weight excluding hydrogens is 681 g/mol. The van der Waals surface area contributed by atoms with Gasteiger partial charge in [0.25, 0.3) is 23.6 Å². The topological polar surface area (TPSA) is 135 Å². The van der Waals surface area contributed by atoms with E-state index < -0.39 is 0 Å². The van der Waals surface area contributed by atoms with Gasteiger partial charge in [0.15, 0.2) is 0 Å². The molecule has 280 valence electrons.